The Morgan fingerprint density at radius 1 is 1.00 bits per heavy atom. The Morgan fingerprint density at radius 3 is 2.11 bits per heavy atom. The monoisotopic (exact) mass is 382 g/mol. The van der Waals surface area contributed by atoms with Crippen molar-refractivity contribution in [2.24, 2.45) is 5.92 Å². The largest absolute Gasteiger partial charge is 0.390 e. The van der Waals surface area contributed by atoms with Crippen molar-refractivity contribution in [3.8, 4) is 0 Å². The van der Waals surface area contributed by atoms with Gasteiger partial charge in [0.15, 0.2) is 0 Å². The van der Waals surface area contributed by atoms with Gasteiger partial charge in [-0.15, -0.1) is 0 Å². The molecule has 2 aromatic carbocycles. The third-order valence-corrected chi connectivity index (χ3v) is 7.01. The van der Waals surface area contributed by atoms with Crippen LogP contribution in [0.15, 0.2) is 48.5 Å². The molecule has 1 saturated carbocycles. The Kier molecular flexibility index (Phi) is 5.76. The van der Waals surface area contributed by atoms with E-state index in [0.717, 1.165) is 12.5 Å². The highest BCUT2D eigenvalue weighted by Crippen LogP contribution is 2.31. The maximum Gasteiger partial charge on any atom is 0.0855 e. The summed E-state index contributed by atoms with van der Waals surface area (Å²) in [6.07, 6.45) is 6.89. The molecule has 1 aliphatic carbocycles. The van der Waals surface area contributed by atoms with Gasteiger partial charge in [0.25, 0.3) is 0 Å². The molecule has 27 heavy (non-hydrogen) atoms. The van der Waals surface area contributed by atoms with E-state index in [2.05, 4.69) is 70.6 Å². The van der Waals surface area contributed by atoms with Crippen LogP contribution >= 0.6 is 11.9 Å². The van der Waals surface area contributed by atoms with Crippen LogP contribution < -0.4 is 0 Å². The van der Waals surface area contributed by atoms with E-state index >= 15 is 0 Å². The Balaban J connectivity index is 1.54. The maximum atomic E-state index is 10.9. The van der Waals surface area contributed by atoms with Crippen LogP contribution in [0.2, 0.25) is 0 Å². The van der Waals surface area contributed by atoms with Gasteiger partial charge in [0, 0.05) is 34.4 Å². The molecule has 0 radical (unpaired) electrons. The van der Waals surface area contributed by atoms with E-state index in [0.29, 0.717) is 12.6 Å². The number of hydrogen-bond acceptors (Lipinski definition) is 3. The number of aliphatic hydroxyl groups excluding tert-OH is 1. The Hall–Kier alpha value is -1.49. The first-order valence-electron chi connectivity index (χ1n) is 10.1. The SMILES string of the molecule is CSN(CC(O)Cn1c2ccccc2c2ccccc21)C1CCC(C)CC1. The fraction of sp³-hybridized carbons (Fsp3) is 0.478. The molecule has 0 saturated heterocycles. The lowest BCUT2D eigenvalue weighted by molar-refractivity contribution is 0.111. The molecule has 1 atom stereocenters. The summed E-state index contributed by atoms with van der Waals surface area (Å²) in [5, 5.41) is 13.5. The van der Waals surface area contributed by atoms with Crippen LogP contribution in [0.25, 0.3) is 21.8 Å². The second-order valence-corrected chi connectivity index (χ2v) is 8.83. The molecule has 1 aromatic heterocycles. The zero-order valence-electron chi connectivity index (χ0n) is 16.3. The topological polar surface area (TPSA) is 28.4 Å². The summed E-state index contributed by atoms with van der Waals surface area (Å²) in [6, 6.07) is 17.6. The molecule has 0 amide bonds. The quantitative estimate of drug-likeness (QED) is 0.585. The van der Waals surface area contributed by atoms with Crippen LogP contribution in [0.3, 0.4) is 0 Å². The van der Waals surface area contributed by atoms with E-state index in [1.165, 1.54) is 47.5 Å². The number of benzene rings is 2. The summed E-state index contributed by atoms with van der Waals surface area (Å²) in [4.78, 5) is 0. The predicted octanol–water partition coefficient (Wildman–Crippen LogP) is 5.31. The van der Waals surface area contributed by atoms with Crippen molar-refractivity contribution in [1.29, 1.82) is 0 Å². The highest BCUT2D eigenvalue weighted by atomic mass is 32.2. The van der Waals surface area contributed by atoms with Gasteiger partial charge in [-0.3, -0.25) is 0 Å². The summed E-state index contributed by atoms with van der Waals surface area (Å²) in [5.74, 6) is 0.854. The van der Waals surface area contributed by atoms with E-state index in [1.807, 2.05) is 0 Å². The maximum absolute atomic E-state index is 10.9. The number of nitrogens with zero attached hydrogens (tertiary/aromatic N) is 2. The highest BCUT2D eigenvalue weighted by Gasteiger charge is 2.25. The molecule has 1 aliphatic rings. The van der Waals surface area contributed by atoms with Crippen LogP contribution in [-0.2, 0) is 6.54 Å². The van der Waals surface area contributed by atoms with Gasteiger partial charge in [-0.25, -0.2) is 4.31 Å². The number of hydrogen-bond donors (Lipinski definition) is 1. The van der Waals surface area contributed by atoms with Crippen molar-refractivity contribution in [3.63, 3.8) is 0 Å². The summed E-state index contributed by atoms with van der Waals surface area (Å²) >= 11 is 1.79. The third-order valence-electron chi connectivity index (χ3n) is 6.09. The van der Waals surface area contributed by atoms with Crippen molar-refractivity contribution in [3.05, 3.63) is 48.5 Å². The molecule has 0 bridgehead atoms. The van der Waals surface area contributed by atoms with Crippen LogP contribution in [0, 0.1) is 5.92 Å². The molecule has 1 N–H and O–H groups in total. The van der Waals surface area contributed by atoms with Gasteiger partial charge in [-0.2, -0.15) is 0 Å². The lowest BCUT2D eigenvalue weighted by Crippen LogP contribution is -2.39. The fourth-order valence-electron chi connectivity index (χ4n) is 4.58. The average Bonchev–Trinajstić information content (AvgIpc) is 3.01. The van der Waals surface area contributed by atoms with Crippen molar-refractivity contribution >= 4 is 33.8 Å². The molecule has 3 nitrogen and oxygen atoms in total. The van der Waals surface area contributed by atoms with Gasteiger partial charge in [0.1, 0.15) is 0 Å². The second kappa shape index (κ2) is 8.26. The van der Waals surface area contributed by atoms with Crippen molar-refractivity contribution < 1.29 is 5.11 Å². The van der Waals surface area contributed by atoms with E-state index in [4.69, 9.17) is 0 Å². The smallest absolute Gasteiger partial charge is 0.0855 e. The number of aromatic nitrogens is 1. The first-order valence-corrected chi connectivity index (χ1v) is 11.3. The van der Waals surface area contributed by atoms with Crippen LogP contribution in [0.1, 0.15) is 32.6 Å². The minimum absolute atomic E-state index is 0.379. The molecular weight excluding hydrogens is 352 g/mol. The Morgan fingerprint density at radius 2 is 1.56 bits per heavy atom. The lowest BCUT2D eigenvalue weighted by atomic mass is 9.87. The summed E-state index contributed by atoms with van der Waals surface area (Å²) in [5.41, 5.74) is 2.42. The van der Waals surface area contributed by atoms with Gasteiger partial charge >= 0.3 is 0 Å². The summed E-state index contributed by atoms with van der Waals surface area (Å²) in [6.45, 7) is 3.71. The van der Waals surface area contributed by atoms with E-state index in [-0.39, 0.29) is 6.10 Å². The fourth-order valence-corrected chi connectivity index (χ4v) is 5.41. The van der Waals surface area contributed by atoms with Gasteiger partial charge in [0.05, 0.1) is 12.6 Å². The van der Waals surface area contributed by atoms with Crippen LogP contribution in [0.4, 0.5) is 0 Å². The molecule has 0 spiro atoms. The standard InChI is InChI=1S/C23H30N2OS/c1-17-11-13-18(14-12-17)25(27-2)16-19(26)15-24-22-9-5-3-7-20(22)21-8-4-6-10-23(21)24/h3-10,17-19,26H,11-16H2,1-2H3. The third kappa shape index (κ3) is 3.89. The Labute approximate surface area is 166 Å². The molecule has 4 heteroatoms. The average molecular weight is 383 g/mol. The summed E-state index contributed by atoms with van der Waals surface area (Å²) in [7, 11) is 0. The zero-order chi connectivity index (χ0) is 18.8. The van der Waals surface area contributed by atoms with E-state index in [9.17, 15) is 5.11 Å². The molecule has 144 valence electrons. The van der Waals surface area contributed by atoms with Crippen LogP contribution in [-0.4, -0.2) is 38.9 Å². The van der Waals surface area contributed by atoms with Gasteiger partial charge in [-0.1, -0.05) is 55.3 Å². The highest BCUT2D eigenvalue weighted by molar-refractivity contribution is 7.96. The molecule has 1 fully saturated rings. The number of rotatable bonds is 6. The molecule has 1 heterocycles. The lowest BCUT2D eigenvalue weighted by Gasteiger charge is -2.35. The minimum Gasteiger partial charge on any atom is -0.390 e. The van der Waals surface area contributed by atoms with Crippen molar-refractivity contribution in [2.45, 2.75) is 51.3 Å². The first kappa shape index (κ1) is 18.9. The van der Waals surface area contributed by atoms with Crippen molar-refractivity contribution in [2.75, 3.05) is 12.8 Å². The van der Waals surface area contributed by atoms with E-state index in [1.54, 1.807) is 11.9 Å². The molecule has 0 aliphatic heterocycles. The summed E-state index contributed by atoms with van der Waals surface area (Å²) < 4.78 is 4.71. The first-order chi connectivity index (χ1) is 13.2. The van der Waals surface area contributed by atoms with Gasteiger partial charge in [0.2, 0.25) is 0 Å². The predicted molar refractivity (Wildman–Crippen MR) is 117 cm³/mol. The van der Waals surface area contributed by atoms with Crippen LogP contribution in [0.5, 0.6) is 0 Å². The minimum atomic E-state index is -0.379. The molecule has 3 aromatic rings. The zero-order valence-corrected chi connectivity index (χ0v) is 17.2. The number of aliphatic hydroxyl groups is 1. The Bertz CT molecular complexity index is 844. The van der Waals surface area contributed by atoms with E-state index < -0.39 is 0 Å². The van der Waals surface area contributed by atoms with Gasteiger partial charge in [-0.05, 0) is 50.0 Å². The molecular formula is C23H30N2OS. The molecule has 1 unspecified atom stereocenters. The van der Waals surface area contributed by atoms with Gasteiger partial charge < -0.3 is 9.67 Å². The second-order valence-electron chi connectivity index (χ2n) is 7.99. The normalized spacial score (nSPS) is 21.9. The number of fused-ring (bicyclic) bond motifs is 3. The number of para-hydroxylation sites is 2. The van der Waals surface area contributed by atoms with Crippen molar-refractivity contribution in [1.82, 2.24) is 8.87 Å². The molecule has 4 rings (SSSR count).